The van der Waals surface area contributed by atoms with Gasteiger partial charge in [0.1, 0.15) is 18.8 Å². The number of nitrogens with one attached hydrogen (secondary N) is 1. The summed E-state index contributed by atoms with van der Waals surface area (Å²) >= 11 is 0. The van der Waals surface area contributed by atoms with E-state index >= 15 is 0 Å². The van der Waals surface area contributed by atoms with Crippen LogP contribution in [-0.4, -0.2) is 76.9 Å². The molecule has 3 heterocycles. The Labute approximate surface area is 183 Å². The third kappa shape index (κ3) is 5.62. The number of hydrogen-bond acceptors (Lipinski definition) is 10. The Balaban J connectivity index is 1.93. The predicted octanol–water partition coefficient (Wildman–Crippen LogP) is -0.891. The second kappa shape index (κ2) is 10.1. The van der Waals surface area contributed by atoms with Crippen LogP contribution in [0.4, 0.5) is 0 Å². The molecule has 12 nitrogen and oxygen atoms in total. The molecule has 1 N–H and O–H groups in total. The van der Waals surface area contributed by atoms with Crippen LogP contribution in [0.2, 0.25) is 0 Å². The molecule has 176 valence electrons. The molecule has 0 saturated carbocycles. The molecule has 1 aromatic rings. The van der Waals surface area contributed by atoms with Crippen LogP contribution in [0.1, 0.15) is 38.9 Å². The molecule has 0 aliphatic carbocycles. The average Bonchev–Trinajstić information content (AvgIpc) is 2.96. The summed E-state index contributed by atoms with van der Waals surface area (Å²) in [6.07, 6.45) is -1.98. The number of aromatic nitrogens is 2. The van der Waals surface area contributed by atoms with E-state index in [0.29, 0.717) is 13.1 Å². The van der Waals surface area contributed by atoms with Crippen molar-refractivity contribution in [3.63, 3.8) is 0 Å². The minimum absolute atomic E-state index is 0.0296. The number of rotatable bonds is 8. The van der Waals surface area contributed by atoms with Crippen molar-refractivity contribution in [3.8, 4) is 0 Å². The lowest BCUT2D eigenvalue weighted by Gasteiger charge is -2.30. The van der Waals surface area contributed by atoms with Crippen molar-refractivity contribution >= 4 is 17.9 Å². The van der Waals surface area contributed by atoms with Gasteiger partial charge >= 0.3 is 23.6 Å². The summed E-state index contributed by atoms with van der Waals surface area (Å²) in [5, 5.41) is 0. The highest BCUT2D eigenvalue weighted by Gasteiger charge is 2.51. The first-order chi connectivity index (χ1) is 15.2. The van der Waals surface area contributed by atoms with E-state index in [4.69, 9.17) is 18.9 Å². The Morgan fingerprint density at radius 2 is 1.69 bits per heavy atom. The van der Waals surface area contributed by atoms with Crippen LogP contribution >= 0.6 is 0 Å². The van der Waals surface area contributed by atoms with E-state index in [1.807, 2.05) is 0 Å². The van der Waals surface area contributed by atoms with Gasteiger partial charge in [-0.15, -0.1) is 0 Å². The van der Waals surface area contributed by atoms with Crippen molar-refractivity contribution in [2.45, 2.75) is 58.2 Å². The zero-order chi connectivity index (χ0) is 23.4. The van der Waals surface area contributed by atoms with Crippen LogP contribution in [0.15, 0.2) is 15.8 Å². The highest BCUT2D eigenvalue weighted by molar-refractivity contribution is 5.68. The van der Waals surface area contributed by atoms with Gasteiger partial charge in [0, 0.05) is 40.1 Å². The molecule has 0 radical (unpaired) electrons. The molecule has 3 rings (SSSR count). The molecule has 1 aromatic heterocycles. The largest absolute Gasteiger partial charge is 0.463 e. The van der Waals surface area contributed by atoms with Crippen LogP contribution in [0.3, 0.4) is 0 Å². The maximum Gasteiger partial charge on any atom is 0.328 e. The zero-order valence-electron chi connectivity index (χ0n) is 18.2. The minimum atomic E-state index is -1.18. The molecule has 2 unspecified atom stereocenters. The third-order valence-corrected chi connectivity index (χ3v) is 5.32. The summed E-state index contributed by atoms with van der Waals surface area (Å²) in [6, 6.07) is 0. The smallest absolute Gasteiger partial charge is 0.328 e. The lowest BCUT2D eigenvalue weighted by molar-refractivity contribution is -0.165. The third-order valence-electron chi connectivity index (χ3n) is 5.32. The molecule has 0 bridgehead atoms. The molecule has 2 aliphatic heterocycles. The predicted molar refractivity (Wildman–Crippen MR) is 108 cm³/mol. The van der Waals surface area contributed by atoms with E-state index in [0.717, 1.165) is 19.5 Å². The summed E-state index contributed by atoms with van der Waals surface area (Å²) < 4.78 is 22.9. The van der Waals surface area contributed by atoms with E-state index in [9.17, 15) is 24.0 Å². The van der Waals surface area contributed by atoms with Crippen molar-refractivity contribution in [1.29, 1.82) is 0 Å². The molecule has 2 fully saturated rings. The summed E-state index contributed by atoms with van der Waals surface area (Å²) in [6.45, 7) is 6.14. The van der Waals surface area contributed by atoms with Crippen molar-refractivity contribution < 1.29 is 33.3 Å². The fourth-order valence-electron chi connectivity index (χ4n) is 3.72. The second-order valence-corrected chi connectivity index (χ2v) is 7.78. The van der Waals surface area contributed by atoms with Gasteiger partial charge in [-0.05, 0) is 19.5 Å². The molecular formula is C20H27N3O9. The van der Waals surface area contributed by atoms with E-state index < -0.39 is 53.6 Å². The Kier molecular flexibility index (Phi) is 7.46. The number of carbonyl (C=O) groups excluding carboxylic acids is 3. The van der Waals surface area contributed by atoms with E-state index in [2.05, 4.69) is 9.88 Å². The minimum Gasteiger partial charge on any atom is -0.463 e. The molecule has 32 heavy (non-hydrogen) atoms. The highest BCUT2D eigenvalue weighted by Crippen LogP contribution is 2.36. The molecule has 2 aliphatic rings. The van der Waals surface area contributed by atoms with Gasteiger partial charge in [-0.1, -0.05) is 0 Å². The first kappa shape index (κ1) is 23.7. The molecular weight excluding hydrogens is 426 g/mol. The monoisotopic (exact) mass is 453 g/mol. The summed E-state index contributed by atoms with van der Waals surface area (Å²) in [5.74, 6) is -1.94. The Morgan fingerprint density at radius 1 is 1.03 bits per heavy atom. The van der Waals surface area contributed by atoms with E-state index in [1.54, 1.807) is 0 Å². The number of aromatic amines is 1. The Hall–Kier alpha value is -2.99. The van der Waals surface area contributed by atoms with Crippen LogP contribution in [0.5, 0.6) is 0 Å². The van der Waals surface area contributed by atoms with E-state index in [-0.39, 0.29) is 12.2 Å². The molecule has 4 atom stereocenters. The second-order valence-electron chi connectivity index (χ2n) is 7.78. The summed E-state index contributed by atoms with van der Waals surface area (Å²) in [5.41, 5.74) is -1.26. The summed E-state index contributed by atoms with van der Waals surface area (Å²) in [7, 11) is 0. The lowest BCUT2D eigenvalue weighted by atomic mass is 10.0. The number of nitrogens with zero attached hydrogens (tertiary/aromatic N) is 2. The quantitative estimate of drug-likeness (QED) is 0.388. The SMILES string of the molecule is CC(=O)OC[C@H]1O[C@@H](c2cn(CCN3CCC3)c(=O)[nH]c2=O)C(OC(C)=O)C1OC(C)=O. The Morgan fingerprint density at radius 3 is 2.25 bits per heavy atom. The number of likely N-dealkylation sites (tertiary alicyclic amines) is 1. The van der Waals surface area contributed by atoms with Crippen LogP contribution < -0.4 is 11.2 Å². The van der Waals surface area contributed by atoms with Gasteiger partial charge in [0.15, 0.2) is 12.2 Å². The zero-order valence-corrected chi connectivity index (χ0v) is 18.2. The maximum atomic E-state index is 12.6. The number of ether oxygens (including phenoxy) is 4. The van der Waals surface area contributed by atoms with Gasteiger partial charge in [-0.2, -0.15) is 0 Å². The van der Waals surface area contributed by atoms with Gasteiger partial charge in [0.25, 0.3) is 5.56 Å². The van der Waals surface area contributed by atoms with Gasteiger partial charge < -0.3 is 23.8 Å². The highest BCUT2D eigenvalue weighted by atomic mass is 16.6. The van der Waals surface area contributed by atoms with Crippen molar-refractivity contribution in [2.75, 3.05) is 26.2 Å². The summed E-state index contributed by atoms with van der Waals surface area (Å²) in [4.78, 5) is 64.0. The van der Waals surface area contributed by atoms with Crippen molar-refractivity contribution in [3.05, 3.63) is 32.6 Å². The van der Waals surface area contributed by atoms with Gasteiger partial charge in [-0.25, -0.2) is 4.79 Å². The standard InChI is InChI=1S/C20H27N3O9/c1-11(24)29-10-15-17(30-12(2)25)18(31-13(3)26)16(32-15)14-9-23(20(28)21-19(14)27)8-7-22-5-4-6-22/h9,15-18H,4-8,10H2,1-3H3,(H,21,27,28)/t15-,16+,17?,18?/m1/s1. The van der Waals surface area contributed by atoms with Crippen LogP contribution in [0, 0.1) is 0 Å². The van der Waals surface area contributed by atoms with Crippen LogP contribution in [0.25, 0.3) is 0 Å². The van der Waals surface area contributed by atoms with E-state index in [1.165, 1.54) is 31.5 Å². The molecule has 12 heteroatoms. The topological polar surface area (TPSA) is 146 Å². The average molecular weight is 453 g/mol. The molecule has 0 amide bonds. The normalized spacial score (nSPS) is 25.1. The van der Waals surface area contributed by atoms with Crippen molar-refractivity contribution in [2.24, 2.45) is 0 Å². The number of hydrogen-bond donors (Lipinski definition) is 1. The number of carbonyl (C=O) groups is 3. The van der Waals surface area contributed by atoms with Gasteiger partial charge in [-0.3, -0.25) is 28.7 Å². The number of H-pyrrole nitrogens is 1. The Bertz CT molecular complexity index is 981. The first-order valence-corrected chi connectivity index (χ1v) is 10.3. The fraction of sp³-hybridized carbons (Fsp3) is 0.650. The van der Waals surface area contributed by atoms with Gasteiger partial charge in [0.05, 0.1) is 5.56 Å². The molecule has 0 spiro atoms. The fourth-order valence-corrected chi connectivity index (χ4v) is 3.72. The maximum absolute atomic E-state index is 12.6. The van der Waals surface area contributed by atoms with Crippen molar-refractivity contribution in [1.82, 2.24) is 14.5 Å². The van der Waals surface area contributed by atoms with Gasteiger partial charge in [0.2, 0.25) is 0 Å². The molecule has 0 aromatic carbocycles. The first-order valence-electron chi connectivity index (χ1n) is 10.3. The van der Waals surface area contributed by atoms with Crippen LogP contribution in [-0.2, 0) is 39.9 Å². The lowest BCUT2D eigenvalue weighted by Crippen LogP contribution is -2.42. The molecule has 2 saturated heterocycles. The number of esters is 3.